The molecule has 0 bridgehead atoms. The van der Waals surface area contributed by atoms with Crippen molar-refractivity contribution in [3.05, 3.63) is 54.1 Å². The molecule has 3 nitrogen and oxygen atoms in total. The number of hydrogen-bond acceptors (Lipinski definition) is 3. The third-order valence-corrected chi connectivity index (χ3v) is 7.11. The fourth-order valence-corrected chi connectivity index (χ4v) is 5.43. The molecule has 0 heterocycles. The van der Waals surface area contributed by atoms with Crippen LogP contribution in [-0.4, -0.2) is 28.6 Å². The summed E-state index contributed by atoms with van der Waals surface area (Å²) < 4.78 is 17.9. The highest BCUT2D eigenvalue weighted by Gasteiger charge is 2.43. The highest BCUT2D eigenvalue weighted by molar-refractivity contribution is 6.75. The first-order chi connectivity index (χ1) is 12.2. The second kappa shape index (κ2) is 9.87. The van der Waals surface area contributed by atoms with E-state index < -0.39 is 8.80 Å². The van der Waals surface area contributed by atoms with Crippen molar-refractivity contribution in [3.8, 4) is 11.1 Å². The minimum absolute atomic E-state index is 0.576. The summed E-state index contributed by atoms with van der Waals surface area (Å²) >= 11 is 0. The van der Waals surface area contributed by atoms with E-state index in [1.165, 1.54) is 23.1 Å². The SMILES string of the molecule is CCCc1ccc(-c2ccc([Si](OCC)(OCC)OCC)cc2)cc1. The topological polar surface area (TPSA) is 27.7 Å². The fraction of sp³-hybridized carbons (Fsp3) is 0.429. The Morgan fingerprint density at radius 1 is 0.640 bits per heavy atom. The van der Waals surface area contributed by atoms with Gasteiger partial charge in [0.15, 0.2) is 0 Å². The van der Waals surface area contributed by atoms with E-state index in [1.807, 2.05) is 20.8 Å². The van der Waals surface area contributed by atoms with Crippen molar-refractivity contribution in [2.75, 3.05) is 19.8 Å². The van der Waals surface area contributed by atoms with Crippen molar-refractivity contribution in [3.63, 3.8) is 0 Å². The number of hydrogen-bond donors (Lipinski definition) is 0. The van der Waals surface area contributed by atoms with E-state index >= 15 is 0 Å². The first-order valence-electron chi connectivity index (χ1n) is 9.30. The Labute approximate surface area is 153 Å². The lowest BCUT2D eigenvalue weighted by molar-refractivity contribution is 0.0859. The van der Waals surface area contributed by atoms with E-state index in [0.717, 1.165) is 11.6 Å². The summed E-state index contributed by atoms with van der Waals surface area (Å²) in [5.41, 5.74) is 3.81. The number of rotatable bonds is 10. The fourth-order valence-electron chi connectivity index (χ4n) is 2.96. The molecule has 0 atom stereocenters. The van der Waals surface area contributed by atoms with E-state index in [1.54, 1.807) is 0 Å². The summed E-state index contributed by atoms with van der Waals surface area (Å²) in [5.74, 6) is 0. The van der Waals surface area contributed by atoms with Gasteiger partial charge in [0.1, 0.15) is 0 Å². The molecule has 0 aromatic heterocycles. The second-order valence-electron chi connectivity index (χ2n) is 5.88. The Bertz CT molecular complexity index is 606. The third kappa shape index (κ3) is 5.01. The van der Waals surface area contributed by atoms with Gasteiger partial charge in [0.2, 0.25) is 0 Å². The minimum atomic E-state index is -2.82. The van der Waals surface area contributed by atoms with Gasteiger partial charge >= 0.3 is 8.80 Å². The Hall–Kier alpha value is -1.46. The van der Waals surface area contributed by atoms with E-state index in [0.29, 0.717) is 19.8 Å². The quantitative estimate of drug-likeness (QED) is 0.583. The average molecular weight is 359 g/mol. The third-order valence-electron chi connectivity index (χ3n) is 4.07. The first-order valence-corrected chi connectivity index (χ1v) is 11.0. The van der Waals surface area contributed by atoms with Crippen LogP contribution < -0.4 is 5.19 Å². The molecular formula is C21H30O3Si. The molecular weight excluding hydrogens is 328 g/mol. The van der Waals surface area contributed by atoms with Crippen molar-refractivity contribution in [2.45, 2.75) is 40.5 Å². The second-order valence-corrected chi connectivity index (χ2v) is 8.44. The molecule has 0 fully saturated rings. The summed E-state index contributed by atoms with van der Waals surface area (Å²) in [6.45, 7) is 9.87. The lowest BCUT2D eigenvalue weighted by Gasteiger charge is -2.28. The number of benzene rings is 2. The van der Waals surface area contributed by atoms with Crippen LogP contribution in [0.1, 0.15) is 39.7 Å². The summed E-state index contributed by atoms with van der Waals surface area (Å²) in [6, 6.07) is 17.2. The van der Waals surface area contributed by atoms with Crippen molar-refractivity contribution in [1.29, 1.82) is 0 Å². The number of aryl methyl sites for hydroxylation is 1. The molecule has 0 aliphatic heterocycles. The maximum atomic E-state index is 5.98. The molecule has 0 saturated heterocycles. The van der Waals surface area contributed by atoms with E-state index in [4.69, 9.17) is 13.3 Å². The zero-order valence-corrected chi connectivity index (χ0v) is 16.9. The van der Waals surface area contributed by atoms with Crippen LogP contribution in [-0.2, 0) is 19.7 Å². The van der Waals surface area contributed by atoms with Gasteiger partial charge in [-0.15, -0.1) is 0 Å². The molecule has 4 heteroatoms. The molecule has 2 aromatic carbocycles. The molecule has 0 aliphatic carbocycles. The van der Waals surface area contributed by atoms with Crippen molar-refractivity contribution >= 4 is 14.0 Å². The molecule has 136 valence electrons. The van der Waals surface area contributed by atoms with E-state index in [-0.39, 0.29) is 0 Å². The molecule has 2 rings (SSSR count). The van der Waals surface area contributed by atoms with Gasteiger partial charge in [-0.25, -0.2) is 0 Å². The smallest absolute Gasteiger partial charge is 0.370 e. The van der Waals surface area contributed by atoms with Crippen LogP contribution in [0.4, 0.5) is 0 Å². The van der Waals surface area contributed by atoms with Crippen molar-refractivity contribution in [1.82, 2.24) is 0 Å². The lowest BCUT2D eigenvalue weighted by atomic mass is 10.0. The Morgan fingerprint density at radius 3 is 1.48 bits per heavy atom. The van der Waals surface area contributed by atoms with Gasteiger partial charge in [0, 0.05) is 25.0 Å². The molecule has 0 N–H and O–H groups in total. The highest BCUT2D eigenvalue weighted by atomic mass is 28.4. The molecule has 0 aliphatic rings. The van der Waals surface area contributed by atoms with Gasteiger partial charge in [-0.1, -0.05) is 61.9 Å². The van der Waals surface area contributed by atoms with Crippen LogP contribution in [0.15, 0.2) is 48.5 Å². The van der Waals surface area contributed by atoms with Crippen LogP contribution in [0, 0.1) is 0 Å². The molecule has 0 radical (unpaired) electrons. The highest BCUT2D eigenvalue weighted by Crippen LogP contribution is 2.21. The predicted molar refractivity (Wildman–Crippen MR) is 106 cm³/mol. The van der Waals surface area contributed by atoms with Gasteiger partial charge in [0.05, 0.1) is 0 Å². The minimum Gasteiger partial charge on any atom is -0.370 e. The summed E-state index contributed by atoms with van der Waals surface area (Å²) in [5, 5.41) is 1.02. The van der Waals surface area contributed by atoms with Crippen LogP contribution in [0.5, 0.6) is 0 Å². The Morgan fingerprint density at radius 2 is 1.08 bits per heavy atom. The monoisotopic (exact) mass is 358 g/mol. The summed E-state index contributed by atoms with van der Waals surface area (Å²) in [6.07, 6.45) is 2.30. The van der Waals surface area contributed by atoms with Gasteiger partial charge in [-0.05, 0) is 43.9 Å². The van der Waals surface area contributed by atoms with Crippen LogP contribution in [0.3, 0.4) is 0 Å². The molecule has 0 amide bonds. The maximum absolute atomic E-state index is 5.98. The maximum Gasteiger partial charge on any atom is 0.537 e. The summed E-state index contributed by atoms with van der Waals surface area (Å²) in [7, 11) is -2.82. The van der Waals surface area contributed by atoms with Gasteiger partial charge < -0.3 is 13.3 Å². The Balaban J connectivity index is 2.26. The van der Waals surface area contributed by atoms with Gasteiger partial charge in [-0.3, -0.25) is 0 Å². The van der Waals surface area contributed by atoms with Crippen molar-refractivity contribution < 1.29 is 13.3 Å². The van der Waals surface area contributed by atoms with Crippen LogP contribution in [0.25, 0.3) is 11.1 Å². The molecule has 0 unspecified atom stereocenters. The van der Waals surface area contributed by atoms with Gasteiger partial charge in [-0.2, -0.15) is 0 Å². The molecule has 2 aromatic rings. The van der Waals surface area contributed by atoms with E-state index in [2.05, 4.69) is 55.5 Å². The van der Waals surface area contributed by atoms with Gasteiger partial charge in [0.25, 0.3) is 0 Å². The predicted octanol–water partition coefficient (Wildman–Crippen LogP) is 4.56. The van der Waals surface area contributed by atoms with Crippen molar-refractivity contribution in [2.24, 2.45) is 0 Å². The molecule has 0 saturated carbocycles. The molecule has 25 heavy (non-hydrogen) atoms. The summed E-state index contributed by atoms with van der Waals surface area (Å²) in [4.78, 5) is 0. The average Bonchev–Trinajstić information content (AvgIpc) is 2.63. The van der Waals surface area contributed by atoms with Crippen LogP contribution >= 0.6 is 0 Å². The zero-order valence-electron chi connectivity index (χ0n) is 15.9. The zero-order chi connectivity index (χ0) is 18.1. The van der Waals surface area contributed by atoms with E-state index in [9.17, 15) is 0 Å². The van der Waals surface area contributed by atoms with Crippen LogP contribution in [0.2, 0.25) is 0 Å². The first kappa shape index (κ1) is 19.9. The normalized spacial score (nSPS) is 11.7. The standard InChI is InChI=1S/C21H30O3Si/c1-5-9-18-10-12-19(13-11-18)20-14-16-21(17-15-20)25(22-6-2,23-7-3)24-8-4/h10-17H,5-9H2,1-4H3. The molecule has 0 spiro atoms. The largest absolute Gasteiger partial charge is 0.537 e. The lowest BCUT2D eigenvalue weighted by Crippen LogP contribution is -2.56. The Kier molecular flexibility index (Phi) is 7.84.